The number of carbonyl (C=O) groups excluding carboxylic acids is 3. The standard InChI is InChI=1S/C18H19F2N3O4/c1-10(24)21-6-12-7-23(17(26)27-12)11-4-13(19)16(14(20)5-11)22-8-15(25)18(9-22)2-3-18/h4-5,12H,2-3,6-9H2,1H3,(H,21,24). The van der Waals surface area contributed by atoms with Crippen LogP contribution in [0.1, 0.15) is 19.8 Å². The summed E-state index contributed by atoms with van der Waals surface area (Å²) in [6, 6.07) is 2.14. The number of carbonyl (C=O) groups is 3. The van der Waals surface area contributed by atoms with Gasteiger partial charge in [0.2, 0.25) is 5.91 Å². The summed E-state index contributed by atoms with van der Waals surface area (Å²) in [5, 5.41) is 2.54. The van der Waals surface area contributed by atoms with Gasteiger partial charge in [0.05, 0.1) is 25.3 Å². The van der Waals surface area contributed by atoms with E-state index >= 15 is 0 Å². The molecule has 1 aromatic rings. The molecular formula is C18H19F2N3O4. The fraction of sp³-hybridized carbons (Fsp3) is 0.500. The van der Waals surface area contributed by atoms with Crippen LogP contribution in [0.25, 0.3) is 0 Å². The topological polar surface area (TPSA) is 79.0 Å². The quantitative estimate of drug-likeness (QED) is 0.860. The van der Waals surface area contributed by atoms with Crippen LogP contribution >= 0.6 is 0 Å². The second-order valence-electron chi connectivity index (χ2n) is 7.37. The minimum atomic E-state index is -0.825. The van der Waals surface area contributed by atoms with Crippen molar-refractivity contribution < 1.29 is 27.9 Å². The third kappa shape index (κ3) is 3.11. The van der Waals surface area contributed by atoms with Crippen molar-refractivity contribution in [3.8, 4) is 0 Å². The maximum atomic E-state index is 14.7. The van der Waals surface area contributed by atoms with E-state index in [1.54, 1.807) is 0 Å². The first-order valence-corrected chi connectivity index (χ1v) is 8.79. The average molecular weight is 379 g/mol. The molecule has 27 heavy (non-hydrogen) atoms. The van der Waals surface area contributed by atoms with Gasteiger partial charge in [-0.25, -0.2) is 13.6 Å². The van der Waals surface area contributed by atoms with E-state index in [-0.39, 0.29) is 42.7 Å². The van der Waals surface area contributed by atoms with E-state index in [0.29, 0.717) is 6.54 Å². The maximum Gasteiger partial charge on any atom is 0.414 e. The highest BCUT2D eigenvalue weighted by atomic mass is 19.1. The molecule has 4 rings (SSSR count). The van der Waals surface area contributed by atoms with Crippen LogP contribution in [0.2, 0.25) is 0 Å². The van der Waals surface area contributed by atoms with E-state index in [9.17, 15) is 23.2 Å². The van der Waals surface area contributed by atoms with Crippen molar-refractivity contribution in [2.75, 3.05) is 36.0 Å². The molecule has 1 spiro atoms. The number of hydrogen-bond donors (Lipinski definition) is 1. The van der Waals surface area contributed by atoms with Gasteiger partial charge in [0.1, 0.15) is 11.8 Å². The molecule has 2 amide bonds. The molecule has 2 saturated heterocycles. The minimum absolute atomic E-state index is 0.00225. The van der Waals surface area contributed by atoms with E-state index in [1.807, 2.05) is 0 Å². The minimum Gasteiger partial charge on any atom is -0.442 e. The summed E-state index contributed by atoms with van der Waals surface area (Å²) in [6.45, 7) is 1.86. The van der Waals surface area contributed by atoms with Gasteiger partial charge in [-0.1, -0.05) is 0 Å². The molecule has 2 aliphatic heterocycles. The third-order valence-electron chi connectivity index (χ3n) is 5.36. The second-order valence-corrected chi connectivity index (χ2v) is 7.37. The van der Waals surface area contributed by atoms with Crippen LogP contribution in [0.4, 0.5) is 25.0 Å². The number of nitrogens with one attached hydrogen (secondary N) is 1. The molecule has 1 atom stereocenters. The predicted molar refractivity (Wildman–Crippen MR) is 91.5 cm³/mol. The van der Waals surface area contributed by atoms with Crippen molar-refractivity contribution in [3.05, 3.63) is 23.8 Å². The van der Waals surface area contributed by atoms with E-state index in [0.717, 1.165) is 29.9 Å². The average Bonchev–Trinajstić information content (AvgIpc) is 3.16. The van der Waals surface area contributed by atoms with Crippen LogP contribution in [0.15, 0.2) is 12.1 Å². The zero-order valence-electron chi connectivity index (χ0n) is 14.8. The smallest absolute Gasteiger partial charge is 0.414 e. The van der Waals surface area contributed by atoms with Crippen molar-refractivity contribution >= 4 is 29.2 Å². The van der Waals surface area contributed by atoms with Gasteiger partial charge in [0, 0.05) is 31.0 Å². The number of ketones is 1. The molecule has 9 heteroatoms. The highest BCUT2D eigenvalue weighted by Gasteiger charge is 2.55. The molecule has 144 valence electrons. The summed E-state index contributed by atoms with van der Waals surface area (Å²) in [7, 11) is 0. The van der Waals surface area contributed by atoms with Crippen LogP contribution in [0.5, 0.6) is 0 Å². The largest absolute Gasteiger partial charge is 0.442 e. The van der Waals surface area contributed by atoms with Gasteiger partial charge in [0.15, 0.2) is 17.4 Å². The Kier molecular flexibility index (Phi) is 4.05. The molecular weight excluding hydrogens is 360 g/mol. The zero-order chi connectivity index (χ0) is 19.3. The Balaban J connectivity index is 1.53. The normalized spacial score (nSPS) is 23.1. The molecule has 1 N–H and O–H groups in total. The molecule has 1 aromatic carbocycles. The molecule has 7 nitrogen and oxygen atoms in total. The molecule has 3 aliphatic rings. The molecule has 1 unspecified atom stereocenters. The molecule has 2 heterocycles. The summed E-state index contributed by atoms with van der Waals surface area (Å²) in [6.07, 6.45) is 0.195. The Morgan fingerprint density at radius 1 is 1.30 bits per heavy atom. The first-order chi connectivity index (χ1) is 12.8. The number of amides is 2. The second kappa shape index (κ2) is 6.17. The van der Waals surface area contributed by atoms with E-state index < -0.39 is 29.2 Å². The van der Waals surface area contributed by atoms with Crippen molar-refractivity contribution in [1.82, 2.24) is 5.32 Å². The number of cyclic esters (lactones) is 1. The number of benzene rings is 1. The van der Waals surface area contributed by atoms with E-state index in [2.05, 4.69) is 5.32 Å². The Hall–Kier alpha value is -2.71. The monoisotopic (exact) mass is 379 g/mol. The number of rotatable bonds is 4. The number of Topliss-reactive ketones (excluding diaryl/α,β-unsaturated/α-hetero) is 1. The summed E-state index contributed by atoms with van der Waals surface area (Å²) in [5.41, 5.74) is -0.623. The maximum absolute atomic E-state index is 14.7. The number of hydrogen-bond acceptors (Lipinski definition) is 5. The zero-order valence-corrected chi connectivity index (χ0v) is 14.8. The first kappa shape index (κ1) is 17.7. The molecule has 1 saturated carbocycles. The number of ether oxygens (including phenoxy) is 1. The molecule has 1 aliphatic carbocycles. The lowest BCUT2D eigenvalue weighted by atomic mass is 10.1. The highest BCUT2D eigenvalue weighted by molar-refractivity contribution is 5.95. The Morgan fingerprint density at radius 3 is 2.52 bits per heavy atom. The Bertz CT molecular complexity index is 817. The van der Waals surface area contributed by atoms with Crippen molar-refractivity contribution in [1.29, 1.82) is 0 Å². The lowest BCUT2D eigenvalue weighted by Gasteiger charge is -2.21. The third-order valence-corrected chi connectivity index (χ3v) is 5.36. The van der Waals surface area contributed by atoms with Crippen LogP contribution in [0.3, 0.4) is 0 Å². The van der Waals surface area contributed by atoms with Crippen LogP contribution in [-0.2, 0) is 14.3 Å². The van der Waals surface area contributed by atoms with Gasteiger partial charge in [-0.2, -0.15) is 0 Å². The van der Waals surface area contributed by atoms with Gasteiger partial charge in [-0.15, -0.1) is 0 Å². The highest BCUT2D eigenvalue weighted by Crippen LogP contribution is 2.51. The van der Waals surface area contributed by atoms with Crippen molar-refractivity contribution in [2.24, 2.45) is 5.41 Å². The Labute approximate surface area is 154 Å². The fourth-order valence-corrected chi connectivity index (χ4v) is 3.70. The summed E-state index contributed by atoms with van der Waals surface area (Å²) in [5.74, 6) is -1.89. The number of anilines is 2. The predicted octanol–water partition coefficient (Wildman–Crippen LogP) is 1.60. The number of halogens is 2. The van der Waals surface area contributed by atoms with Gasteiger partial charge in [0.25, 0.3) is 0 Å². The van der Waals surface area contributed by atoms with Crippen molar-refractivity contribution in [2.45, 2.75) is 25.9 Å². The summed E-state index contributed by atoms with van der Waals surface area (Å²) < 4.78 is 34.4. The summed E-state index contributed by atoms with van der Waals surface area (Å²) >= 11 is 0. The van der Waals surface area contributed by atoms with Crippen LogP contribution in [0, 0.1) is 17.0 Å². The van der Waals surface area contributed by atoms with Crippen LogP contribution in [-0.4, -0.2) is 50.1 Å². The lowest BCUT2D eigenvalue weighted by molar-refractivity contribution is -0.120. The SMILES string of the molecule is CC(=O)NCC1CN(c2cc(F)c(N3CC(=O)C4(CC4)C3)c(F)c2)C(=O)O1. The molecule has 0 aromatic heterocycles. The van der Waals surface area contributed by atoms with Gasteiger partial charge >= 0.3 is 6.09 Å². The summed E-state index contributed by atoms with van der Waals surface area (Å²) in [4.78, 5) is 37.6. The molecule has 3 fully saturated rings. The molecule has 0 radical (unpaired) electrons. The molecule has 0 bridgehead atoms. The Morgan fingerprint density at radius 2 is 1.96 bits per heavy atom. The van der Waals surface area contributed by atoms with Crippen LogP contribution < -0.4 is 15.1 Å². The van der Waals surface area contributed by atoms with Gasteiger partial charge in [-0.05, 0) is 12.8 Å². The van der Waals surface area contributed by atoms with E-state index in [1.165, 1.54) is 11.8 Å². The fourth-order valence-electron chi connectivity index (χ4n) is 3.70. The first-order valence-electron chi connectivity index (χ1n) is 8.79. The van der Waals surface area contributed by atoms with E-state index in [4.69, 9.17) is 4.74 Å². The van der Waals surface area contributed by atoms with Gasteiger partial charge in [-0.3, -0.25) is 14.5 Å². The lowest BCUT2D eigenvalue weighted by Crippen LogP contribution is -2.33. The number of nitrogens with zero attached hydrogens (tertiary/aromatic N) is 2. The van der Waals surface area contributed by atoms with Crippen molar-refractivity contribution in [3.63, 3.8) is 0 Å². The van der Waals surface area contributed by atoms with Gasteiger partial charge < -0.3 is 15.0 Å².